The molecule has 0 bridgehead atoms. The lowest BCUT2D eigenvalue weighted by Crippen LogP contribution is -2.57. The van der Waals surface area contributed by atoms with Crippen LogP contribution in [0.15, 0.2) is 12.2 Å². The van der Waals surface area contributed by atoms with Gasteiger partial charge in [0.1, 0.15) is 0 Å². The highest BCUT2D eigenvalue weighted by molar-refractivity contribution is 5.90. The number of nitrogens with zero attached hydrogens (tertiary/aromatic N) is 1. The van der Waals surface area contributed by atoms with Crippen molar-refractivity contribution < 1.29 is 14.3 Å². The van der Waals surface area contributed by atoms with Crippen LogP contribution in [0.2, 0.25) is 0 Å². The number of likely N-dealkylation sites (N-methyl/N-ethyl adjacent to an activating group) is 1. The van der Waals surface area contributed by atoms with Crippen LogP contribution in [-0.2, 0) is 14.3 Å². The van der Waals surface area contributed by atoms with Crippen LogP contribution in [0.25, 0.3) is 0 Å². The van der Waals surface area contributed by atoms with E-state index in [1.54, 1.807) is 6.92 Å². The first-order valence-corrected chi connectivity index (χ1v) is 5.58. The van der Waals surface area contributed by atoms with Crippen molar-refractivity contribution in [3.8, 4) is 0 Å². The molecule has 92 valence electrons. The van der Waals surface area contributed by atoms with Gasteiger partial charge in [0.2, 0.25) is 0 Å². The number of hydrogen-bond donors (Lipinski definition) is 0. The second-order valence-corrected chi connectivity index (χ2v) is 4.56. The molecule has 0 aromatic carbocycles. The van der Waals surface area contributed by atoms with Crippen LogP contribution in [0.1, 0.15) is 20.8 Å². The minimum atomic E-state index is -0.402. The number of esters is 1. The lowest BCUT2D eigenvalue weighted by molar-refractivity contribution is -0.141. The third-order valence-electron chi connectivity index (χ3n) is 3.31. The van der Waals surface area contributed by atoms with Crippen LogP contribution in [0, 0.1) is 0 Å². The van der Waals surface area contributed by atoms with E-state index in [4.69, 9.17) is 9.47 Å². The van der Waals surface area contributed by atoms with Crippen molar-refractivity contribution in [2.24, 2.45) is 0 Å². The van der Waals surface area contributed by atoms with Crippen LogP contribution < -0.4 is 0 Å². The Bertz CT molecular complexity index is 282. The molecule has 1 rings (SSSR count). The van der Waals surface area contributed by atoms with Crippen LogP contribution in [-0.4, -0.2) is 49.3 Å². The maximum Gasteiger partial charge on any atom is 0.335 e. The Morgan fingerprint density at radius 3 is 2.50 bits per heavy atom. The minimum Gasteiger partial charge on any atom is -0.463 e. The summed E-state index contributed by atoms with van der Waals surface area (Å²) in [5.74, 6) is -0.320. The van der Waals surface area contributed by atoms with E-state index < -0.39 is 5.54 Å². The van der Waals surface area contributed by atoms with E-state index >= 15 is 0 Å². The Labute approximate surface area is 97.2 Å². The molecule has 0 atom stereocenters. The van der Waals surface area contributed by atoms with E-state index in [1.165, 1.54) is 0 Å². The van der Waals surface area contributed by atoms with Gasteiger partial charge < -0.3 is 9.47 Å². The summed E-state index contributed by atoms with van der Waals surface area (Å²) < 4.78 is 10.1. The summed E-state index contributed by atoms with van der Waals surface area (Å²) in [5, 5.41) is 0. The molecule has 0 saturated carbocycles. The molecule has 1 heterocycles. The Hall–Kier alpha value is -0.870. The molecule has 0 N–H and O–H groups in total. The molecule has 1 aliphatic rings. The van der Waals surface area contributed by atoms with Crippen molar-refractivity contribution in [2.75, 3.05) is 26.9 Å². The molecule has 1 fully saturated rings. The van der Waals surface area contributed by atoms with Gasteiger partial charge in [0, 0.05) is 11.1 Å². The van der Waals surface area contributed by atoms with Crippen molar-refractivity contribution in [1.29, 1.82) is 0 Å². The molecule has 4 heteroatoms. The zero-order chi connectivity index (χ0) is 12.3. The molecule has 0 aromatic rings. The summed E-state index contributed by atoms with van der Waals surface area (Å²) in [7, 11) is 1.98. The third kappa shape index (κ3) is 2.44. The SMILES string of the molecule is C=C(C(=O)OCC)C(C)(C)N(C)C1COC1. The lowest BCUT2D eigenvalue weighted by Gasteiger charge is -2.44. The summed E-state index contributed by atoms with van der Waals surface area (Å²) in [5.41, 5.74) is 0.0875. The second kappa shape index (κ2) is 4.97. The number of hydrogen-bond acceptors (Lipinski definition) is 4. The standard InChI is InChI=1S/C12H21NO3/c1-6-16-11(14)9(2)12(3,4)13(5)10-7-15-8-10/h10H,2,6-8H2,1,3-5H3. The molecule has 0 unspecified atom stereocenters. The highest BCUT2D eigenvalue weighted by Gasteiger charge is 2.38. The maximum atomic E-state index is 11.6. The minimum absolute atomic E-state index is 0.320. The normalized spacial score (nSPS) is 17.1. The summed E-state index contributed by atoms with van der Waals surface area (Å²) in [4.78, 5) is 13.8. The topological polar surface area (TPSA) is 38.8 Å². The van der Waals surface area contributed by atoms with Gasteiger partial charge in [-0.2, -0.15) is 0 Å². The monoisotopic (exact) mass is 227 g/mol. The fourth-order valence-corrected chi connectivity index (χ4v) is 1.58. The van der Waals surface area contributed by atoms with E-state index in [-0.39, 0.29) is 5.97 Å². The highest BCUT2D eigenvalue weighted by Crippen LogP contribution is 2.26. The van der Waals surface area contributed by atoms with Gasteiger partial charge in [0.15, 0.2) is 0 Å². The molecule has 1 saturated heterocycles. The van der Waals surface area contributed by atoms with Crippen LogP contribution >= 0.6 is 0 Å². The number of rotatable bonds is 5. The highest BCUT2D eigenvalue weighted by atomic mass is 16.5. The van der Waals surface area contributed by atoms with Crippen molar-refractivity contribution in [3.63, 3.8) is 0 Å². The van der Waals surface area contributed by atoms with Gasteiger partial charge in [-0.3, -0.25) is 4.90 Å². The Morgan fingerprint density at radius 2 is 2.12 bits per heavy atom. The van der Waals surface area contributed by atoms with Gasteiger partial charge in [0.05, 0.1) is 25.9 Å². The molecule has 0 spiro atoms. The van der Waals surface area contributed by atoms with Gasteiger partial charge in [-0.15, -0.1) is 0 Å². The number of carbonyl (C=O) groups is 1. The van der Waals surface area contributed by atoms with E-state index in [9.17, 15) is 4.79 Å². The first kappa shape index (κ1) is 13.2. The van der Waals surface area contributed by atoms with E-state index in [0.29, 0.717) is 18.2 Å². The van der Waals surface area contributed by atoms with E-state index in [0.717, 1.165) is 13.2 Å². The Balaban J connectivity index is 2.67. The van der Waals surface area contributed by atoms with Gasteiger partial charge in [-0.25, -0.2) is 4.79 Å². The fourth-order valence-electron chi connectivity index (χ4n) is 1.58. The van der Waals surface area contributed by atoms with Crippen LogP contribution in [0.3, 0.4) is 0 Å². The molecule has 0 radical (unpaired) electrons. The Kier molecular flexibility index (Phi) is 4.10. The smallest absolute Gasteiger partial charge is 0.335 e. The molecule has 0 aliphatic carbocycles. The first-order valence-electron chi connectivity index (χ1n) is 5.58. The van der Waals surface area contributed by atoms with Gasteiger partial charge >= 0.3 is 5.97 Å². The van der Waals surface area contributed by atoms with Crippen molar-refractivity contribution >= 4 is 5.97 Å². The largest absolute Gasteiger partial charge is 0.463 e. The van der Waals surface area contributed by atoms with Crippen LogP contribution in [0.4, 0.5) is 0 Å². The van der Waals surface area contributed by atoms with E-state index in [2.05, 4.69) is 11.5 Å². The molecule has 0 aromatic heterocycles. The second-order valence-electron chi connectivity index (χ2n) is 4.56. The Morgan fingerprint density at radius 1 is 1.56 bits per heavy atom. The zero-order valence-corrected chi connectivity index (χ0v) is 10.6. The van der Waals surface area contributed by atoms with Gasteiger partial charge in [-0.1, -0.05) is 6.58 Å². The molecular weight excluding hydrogens is 206 g/mol. The van der Waals surface area contributed by atoms with E-state index in [1.807, 2.05) is 20.9 Å². The summed E-state index contributed by atoms with van der Waals surface area (Å²) in [6, 6.07) is 0.362. The predicted octanol–water partition coefficient (Wildman–Crippen LogP) is 1.21. The molecule has 16 heavy (non-hydrogen) atoms. The van der Waals surface area contributed by atoms with Gasteiger partial charge in [0.25, 0.3) is 0 Å². The van der Waals surface area contributed by atoms with Crippen molar-refractivity contribution in [2.45, 2.75) is 32.4 Å². The molecule has 1 aliphatic heterocycles. The molecule has 4 nitrogen and oxygen atoms in total. The summed E-state index contributed by atoms with van der Waals surface area (Å²) >= 11 is 0. The zero-order valence-electron chi connectivity index (χ0n) is 10.6. The van der Waals surface area contributed by atoms with Crippen molar-refractivity contribution in [3.05, 3.63) is 12.2 Å². The number of ether oxygens (including phenoxy) is 2. The first-order chi connectivity index (χ1) is 7.41. The lowest BCUT2D eigenvalue weighted by atomic mass is 9.91. The van der Waals surface area contributed by atoms with Gasteiger partial charge in [-0.05, 0) is 27.8 Å². The average Bonchev–Trinajstić information content (AvgIpc) is 2.14. The average molecular weight is 227 g/mol. The predicted molar refractivity (Wildman–Crippen MR) is 62.2 cm³/mol. The quantitative estimate of drug-likeness (QED) is 0.523. The molecule has 0 amide bonds. The van der Waals surface area contributed by atoms with Crippen LogP contribution in [0.5, 0.6) is 0 Å². The summed E-state index contributed by atoms with van der Waals surface area (Å²) in [6.45, 7) is 11.4. The third-order valence-corrected chi connectivity index (χ3v) is 3.31. The number of carbonyl (C=O) groups excluding carboxylic acids is 1. The van der Waals surface area contributed by atoms with Crippen molar-refractivity contribution in [1.82, 2.24) is 4.90 Å². The molecular formula is C12H21NO3. The maximum absolute atomic E-state index is 11.6. The summed E-state index contributed by atoms with van der Waals surface area (Å²) in [6.07, 6.45) is 0. The fraction of sp³-hybridized carbons (Fsp3) is 0.750.